The van der Waals surface area contributed by atoms with Gasteiger partial charge in [-0.15, -0.1) is 0 Å². The number of aromatic nitrogens is 2. The fraction of sp³-hybridized carbons (Fsp3) is 0.286. The standard InChI is InChI=1S/C14H16N4O3/c1-2-8-17-9-7-15-13(14(17)19)16-10-11-3-5-12(6-4-11)18(20)21/h3-7,9H,2,8,10H2,1H3,(H,15,16). The second-order valence-electron chi connectivity index (χ2n) is 4.55. The van der Waals surface area contributed by atoms with Crippen molar-refractivity contribution in [2.45, 2.75) is 26.4 Å². The van der Waals surface area contributed by atoms with Crippen molar-refractivity contribution in [2.24, 2.45) is 0 Å². The molecule has 0 radical (unpaired) electrons. The molecule has 0 aliphatic rings. The number of nitrogens with zero attached hydrogens (tertiary/aromatic N) is 3. The quantitative estimate of drug-likeness (QED) is 0.650. The van der Waals surface area contributed by atoms with Gasteiger partial charge in [0.25, 0.3) is 11.2 Å². The predicted octanol–water partition coefficient (Wildman–Crippen LogP) is 2.17. The minimum absolute atomic E-state index is 0.0434. The lowest BCUT2D eigenvalue weighted by atomic mass is 10.2. The van der Waals surface area contributed by atoms with Crippen LogP contribution in [0.1, 0.15) is 18.9 Å². The number of hydrogen-bond acceptors (Lipinski definition) is 5. The molecular formula is C14H16N4O3. The lowest BCUT2D eigenvalue weighted by Crippen LogP contribution is -2.24. The van der Waals surface area contributed by atoms with Gasteiger partial charge < -0.3 is 9.88 Å². The lowest BCUT2D eigenvalue weighted by molar-refractivity contribution is -0.384. The molecule has 0 saturated carbocycles. The van der Waals surface area contributed by atoms with Crippen molar-refractivity contribution in [1.82, 2.24) is 9.55 Å². The Balaban J connectivity index is 2.08. The Hall–Kier alpha value is -2.70. The lowest BCUT2D eigenvalue weighted by Gasteiger charge is -2.08. The normalized spacial score (nSPS) is 10.3. The highest BCUT2D eigenvalue weighted by Gasteiger charge is 2.06. The monoisotopic (exact) mass is 288 g/mol. The molecule has 1 aromatic carbocycles. The van der Waals surface area contributed by atoms with Crippen molar-refractivity contribution in [3.63, 3.8) is 0 Å². The first-order chi connectivity index (χ1) is 10.1. The smallest absolute Gasteiger partial charge is 0.293 e. The summed E-state index contributed by atoms with van der Waals surface area (Å²) < 4.78 is 1.60. The molecule has 0 fully saturated rings. The SMILES string of the molecule is CCCn1ccnc(NCc2ccc([N+](=O)[O-])cc2)c1=O. The first-order valence-electron chi connectivity index (χ1n) is 6.64. The maximum absolute atomic E-state index is 12.1. The van der Waals surface area contributed by atoms with Crippen LogP contribution < -0.4 is 10.9 Å². The Morgan fingerprint density at radius 3 is 2.67 bits per heavy atom. The van der Waals surface area contributed by atoms with Crippen LogP contribution >= 0.6 is 0 Å². The molecule has 1 aromatic heterocycles. The van der Waals surface area contributed by atoms with E-state index in [2.05, 4.69) is 10.3 Å². The molecule has 7 nitrogen and oxygen atoms in total. The van der Waals surface area contributed by atoms with E-state index in [9.17, 15) is 14.9 Å². The molecule has 0 aliphatic heterocycles. The molecule has 1 N–H and O–H groups in total. The zero-order valence-corrected chi connectivity index (χ0v) is 11.7. The average molecular weight is 288 g/mol. The Morgan fingerprint density at radius 2 is 2.05 bits per heavy atom. The van der Waals surface area contributed by atoms with E-state index in [1.54, 1.807) is 29.1 Å². The number of anilines is 1. The second kappa shape index (κ2) is 6.65. The highest BCUT2D eigenvalue weighted by molar-refractivity contribution is 5.36. The first kappa shape index (κ1) is 14.7. The van der Waals surface area contributed by atoms with Gasteiger partial charge in [-0.05, 0) is 12.0 Å². The van der Waals surface area contributed by atoms with Crippen LogP contribution in [0.5, 0.6) is 0 Å². The number of non-ortho nitro benzene ring substituents is 1. The van der Waals surface area contributed by atoms with Gasteiger partial charge in [0.1, 0.15) is 0 Å². The average Bonchev–Trinajstić information content (AvgIpc) is 2.49. The second-order valence-corrected chi connectivity index (χ2v) is 4.55. The van der Waals surface area contributed by atoms with Gasteiger partial charge in [0, 0.05) is 37.6 Å². The molecule has 2 rings (SSSR count). The van der Waals surface area contributed by atoms with Crippen LogP contribution in [-0.4, -0.2) is 14.5 Å². The van der Waals surface area contributed by atoms with E-state index in [1.807, 2.05) is 6.92 Å². The molecule has 0 amide bonds. The summed E-state index contributed by atoms with van der Waals surface area (Å²) in [6.07, 6.45) is 4.10. The summed E-state index contributed by atoms with van der Waals surface area (Å²) in [7, 11) is 0. The Labute approximate surface area is 121 Å². The van der Waals surface area contributed by atoms with Gasteiger partial charge in [-0.2, -0.15) is 0 Å². The van der Waals surface area contributed by atoms with E-state index < -0.39 is 4.92 Å². The van der Waals surface area contributed by atoms with Crippen LogP contribution in [0.4, 0.5) is 11.5 Å². The van der Waals surface area contributed by atoms with Crippen LogP contribution in [0.25, 0.3) is 0 Å². The fourth-order valence-electron chi connectivity index (χ4n) is 1.91. The highest BCUT2D eigenvalue weighted by Crippen LogP contribution is 2.12. The molecular weight excluding hydrogens is 272 g/mol. The summed E-state index contributed by atoms with van der Waals surface area (Å²) in [4.78, 5) is 26.2. The molecule has 21 heavy (non-hydrogen) atoms. The van der Waals surface area contributed by atoms with E-state index in [4.69, 9.17) is 0 Å². The van der Waals surface area contributed by atoms with Gasteiger partial charge >= 0.3 is 0 Å². The number of aryl methyl sites for hydroxylation is 1. The van der Waals surface area contributed by atoms with Gasteiger partial charge in [-0.1, -0.05) is 19.1 Å². The Morgan fingerprint density at radius 1 is 1.33 bits per heavy atom. The summed E-state index contributed by atoms with van der Waals surface area (Å²) in [5.74, 6) is 0.282. The minimum atomic E-state index is -0.445. The van der Waals surface area contributed by atoms with Gasteiger partial charge in [0.2, 0.25) is 0 Å². The molecule has 2 aromatic rings. The molecule has 0 aliphatic carbocycles. The topological polar surface area (TPSA) is 90.1 Å². The van der Waals surface area contributed by atoms with Crippen LogP contribution in [0.2, 0.25) is 0 Å². The van der Waals surface area contributed by atoms with Gasteiger partial charge in [-0.3, -0.25) is 14.9 Å². The van der Waals surface area contributed by atoms with Crippen LogP contribution in [-0.2, 0) is 13.1 Å². The molecule has 110 valence electrons. The van der Waals surface area contributed by atoms with E-state index in [-0.39, 0.29) is 17.1 Å². The molecule has 0 unspecified atom stereocenters. The molecule has 0 spiro atoms. The number of benzene rings is 1. The van der Waals surface area contributed by atoms with E-state index in [0.717, 1.165) is 12.0 Å². The number of hydrogen-bond donors (Lipinski definition) is 1. The third kappa shape index (κ3) is 3.65. The van der Waals surface area contributed by atoms with Crippen molar-refractivity contribution < 1.29 is 4.92 Å². The number of nitro benzene ring substituents is 1. The van der Waals surface area contributed by atoms with E-state index >= 15 is 0 Å². The highest BCUT2D eigenvalue weighted by atomic mass is 16.6. The molecule has 7 heteroatoms. The van der Waals surface area contributed by atoms with Gasteiger partial charge in [0.15, 0.2) is 5.82 Å². The van der Waals surface area contributed by atoms with Crippen LogP contribution in [0.3, 0.4) is 0 Å². The van der Waals surface area contributed by atoms with Crippen molar-refractivity contribution in [3.8, 4) is 0 Å². The third-order valence-electron chi connectivity index (χ3n) is 2.99. The van der Waals surface area contributed by atoms with Crippen molar-refractivity contribution in [2.75, 3.05) is 5.32 Å². The largest absolute Gasteiger partial charge is 0.361 e. The van der Waals surface area contributed by atoms with E-state index in [1.165, 1.54) is 12.1 Å². The minimum Gasteiger partial charge on any atom is -0.361 e. The van der Waals surface area contributed by atoms with Gasteiger partial charge in [0.05, 0.1) is 4.92 Å². The Kier molecular flexibility index (Phi) is 4.65. The zero-order chi connectivity index (χ0) is 15.2. The zero-order valence-electron chi connectivity index (χ0n) is 11.7. The molecule has 0 bridgehead atoms. The molecule has 0 atom stereocenters. The Bertz CT molecular complexity index is 679. The van der Waals surface area contributed by atoms with Crippen molar-refractivity contribution in [3.05, 3.63) is 62.7 Å². The van der Waals surface area contributed by atoms with Crippen LogP contribution in [0.15, 0.2) is 41.5 Å². The fourth-order valence-corrected chi connectivity index (χ4v) is 1.91. The van der Waals surface area contributed by atoms with Gasteiger partial charge in [-0.25, -0.2) is 4.98 Å². The summed E-state index contributed by atoms with van der Waals surface area (Å²) in [5.41, 5.74) is 0.718. The van der Waals surface area contributed by atoms with Crippen molar-refractivity contribution >= 4 is 11.5 Å². The first-order valence-corrected chi connectivity index (χ1v) is 6.64. The van der Waals surface area contributed by atoms with E-state index in [0.29, 0.717) is 13.1 Å². The maximum Gasteiger partial charge on any atom is 0.293 e. The molecule has 0 saturated heterocycles. The third-order valence-corrected chi connectivity index (χ3v) is 2.99. The summed E-state index contributed by atoms with van der Waals surface area (Å²) in [6.45, 7) is 3.03. The van der Waals surface area contributed by atoms with Crippen molar-refractivity contribution in [1.29, 1.82) is 0 Å². The number of nitro groups is 1. The summed E-state index contributed by atoms with van der Waals surface area (Å²) >= 11 is 0. The van der Waals surface area contributed by atoms with Crippen LogP contribution in [0, 0.1) is 10.1 Å². The predicted molar refractivity (Wildman–Crippen MR) is 79.2 cm³/mol. The maximum atomic E-state index is 12.1. The molecule has 1 heterocycles. The summed E-state index contributed by atoms with van der Waals surface area (Å²) in [6, 6.07) is 6.17. The summed E-state index contributed by atoms with van der Waals surface area (Å²) in [5, 5.41) is 13.5. The number of rotatable bonds is 6. The number of nitrogens with one attached hydrogen (secondary N) is 1.